The summed E-state index contributed by atoms with van der Waals surface area (Å²) in [6.45, 7) is 0. The SMILES string of the molecule is O=C(O)C1=CCC2/C(=C\c3cc4c(s3)-c3cccnc3SC4)C(=O)N12. The lowest BCUT2D eigenvalue weighted by atomic mass is 9.94. The summed E-state index contributed by atoms with van der Waals surface area (Å²) in [5.74, 6) is -0.352. The molecule has 1 atom stereocenters. The molecule has 0 aliphatic carbocycles. The first-order valence-corrected chi connectivity index (χ1v) is 9.63. The first-order chi connectivity index (χ1) is 12.1. The zero-order chi connectivity index (χ0) is 17.1. The number of nitrogens with zero attached hydrogens (tertiary/aromatic N) is 2. The summed E-state index contributed by atoms with van der Waals surface area (Å²) in [5.41, 5.74) is 3.22. The number of aromatic nitrogens is 1. The number of thioether (sulfide) groups is 1. The van der Waals surface area contributed by atoms with Gasteiger partial charge in [-0.25, -0.2) is 9.78 Å². The van der Waals surface area contributed by atoms with Crippen LogP contribution >= 0.6 is 23.1 Å². The van der Waals surface area contributed by atoms with Crippen LogP contribution < -0.4 is 0 Å². The predicted molar refractivity (Wildman–Crippen MR) is 96.1 cm³/mol. The molecule has 1 amide bonds. The smallest absolute Gasteiger partial charge is 0.352 e. The standard InChI is InChI=1S/C18H12N2O3S2/c21-17-12(13-3-4-14(18(22)23)20(13)17)7-10-6-9-8-24-16-11(15(9)25-10)2-1-5-19-16/h1-2,4-7,13H,3,8H2,(H,22,23)/b12-7+. The first kappa shape index (κ1) is 14.9. The van der Waals surface area contributed by atoms with E-state index < -0.39 is 5.97 Å². The van der Waals surface area contributed by atoms with Crippen LogP contribution in [0.5, 0.6) is 0 Å². The van der Waals surface area contributed by atoms with Gasteiger partial charge in [0.1, 0.15) is 10.7 Å². The van der Waals surface area contributed by atoms with E-state index in [9.17, 15) is 9.59 Å². The average molecular weight is 368 g/mol. The number of hydrogen-bond donors (Lipinski definition) is 1. The van der Waals surface area contributed by atoms with E-state index in [1.165, 1.54) is 15.3 Å². The lowest BCUT2D eigenvalue weighted by Crippen LogP contribution is -2.52. The molecule has 3 aliphatic rings. The van der Waals surface area contributed by atoms with E-state index in [0.717, 1.165) is 21.2 Å². The van der Waals surface area contributed by atoms with Crippen LogP contribution in [0.15, 0.2) is 46.8 Å². The molecule has 5 heterocycles. The lowest BCUT2D eigenvalue weighted by Gasteiger charge is -2.38. The second kappa shape index (κ2) is 5.31. The van der Waals surface area contributed by atoms with Crippen LogP contribution in [0.3, 0.4) is 0 Å². The van der Waals surface area contributed by atoms with Crippen molar-refractivity contribution in [3.05, 3.63) is 52.2 Å². The number of carbonyl (C=O) groups excluding carboxylic acids is 1. The molecule has 5 nitrogen and oxygen atoms in total. The monoisotopic (exact) mass is 368 g/mol. The Morgan fingerprint density at radius 2 is 2.32 bits per heavy atom. The van der Waals surface area contributed by atoms with E-state index in [1.54, 1.807) is 29.2 Å². The maximum atomic E-state index is 12.3. The van der Waals surface area contributed by atoms with Crippen LogP contribution in [0.4, 0.5) is 0 Å². The molecule has 3 aliphatic heterocycles. The maximum Gasteiger partial charge on any atom is 0.352 e. The molecule has 7 heteroatoms. The van der Waals surface area contributed by atoms with Gasteiger partial charge < -0.3 is 5.11 Å². The Labute approximate surface area is 151 Å². The van der Waals surface area contributed by atoms with E-state index in [1.807, 2.05) is 18.3 Å². The van der Waals surface area contributed by atoms with Gasteiger partial charge in [0.2, 0.25) is 0 Å². The Morgan fingerprint density at radius 3 is 3.16 bits per heavy atom. The molecule has 0 saturated carbocycles. The molecule has 0 radical (unpaired) electrons. The summed E-state index contributed by atoms with van der Waals surface area (Å²) < 4.78 is 0. The summed E-state index contributed by atoms with van der Waals surface area (Å²) in [5, 5.41) is 10.2. The molecule has 2 aromatic rings. The van der Waals surface area contributed by atoms with Crippen LogP contribution in [0.1, 0.15) is 16.9 Å². The van der Waals surface area contributed by atoms with Crippen molar-refractivity contribution < 1.29 is 14.7 Å². The van der Waals surface area contributed by atoms with E-state index in [4.69, 9.17) is 5.11 Å². The molecule has 2 aromatic heterocycles. The maximum absolute atomic E-state index is 12.3. The third kappa shape index (κ3) is 2.12. The lowest BCUT2D eigenvalue weighted by molar-refractivity contribution is -0.142. The van der Waals surface area contributed by atoms with Crippen molar-refractivity contribution in [1.29, 1.82) is 0 Å². The van der Waals surface area contributed by atoms with Crippen molar-refractivity contribution in [2.45, 2.75) is 23.2 Å². The molecular formula is C18H12N2O3S2. The minimum Gasteiger partial charge on any atom is -0.477 e. The molecule has 1 unspecified atom stereocenters. The quantitative estimate of drug-likeness (QED) is 0.650. The number of rotatable bonds is 2. The molecular weight excluding hydrogens is 356 g/mol. The highest BCUT2D eigenvalue weighted by Crippen LogP contribution is 2.46. The van der Waals surface area contributed by atoms with E-state index in [2.05, 4.69) is 17.1 Å². The summed E-state index contributed by atoms with van der Waals surface area (Å²) in [4.78, 5) is 31.6. The molecule has 0 spiro atoms. The van der Waals surface area contributed by atoms with Gasteiger partial charge in [-0.2, -0.15) is 0 Å². The van der Waals surface area contributed by atoms with Crippen molar-refractivity contribution in [1.82, 2.24) is 9.88 Å². The van der Waals surface area contributed by atoms with Gasteiger partial charge in [0.25, 0.3) is 5.91 Å². The van der Waals surface area contributed by atoms with Crippen molar-refractivity contribution in [2.75, 3.05) is 0 Å². The number of aliphatic carboxylic acids is 1. The fourth-order valence-corrected chi connectivity index (χ4v) is 5.81. The summed E-state index contributed by atoms with van der Waals surface area (Å²) in [6, 6.07) is 6.03. The van der Waals surface area contributed by atoms with Crippen LogP contribution in [0.25, 0.3) is 16.5 Å². The Hall–Kier alpha value is -2.38. The fourth-order valence-electron chi connectivity index (χ4n) is 3.51. The summed E-state index contributed by atoms with van der Waals surface area (Å²) in [7, 11) is 0. The number of hydrogen-bond acceptors (Lipinski definition) is 5. The highest BCUT2D eigenvalue weighted by atomic mass is 32.2. The number of carboxylic acids is 1. The first-order valence-electron chi connectivity index (χ1n) is 7.83. The van der Waals surface area contributed by atoms with Crippen LogP contribution in [-0.2, 0) is 15.3 Å². The zero-order valence-corrected chi connectivity index (χ0v) is 14.6. The molecule has 1 fully saturated rings. The van der Waals surface area contributed by atoms with Gasteiger partial charge in [-0.15, -0.1) is 23.1 Å². The third-order valence-corrected chi connectivity index (χ3v) is 6.87. The van der Waals surface area contributed by atoms with Crippen molar-refractivity contribution in [2.24, 2.45) is 0 Å². The summed E-state index contributed by atoms with van der Waals surface area (Å²) in [6.07, 6.45) is 5.94. The molecule has 124 valence electrons. The number of thiophene rings is 1. The Kier molecular flexibility index (Phi) is 3.17. The van der Waals surface area contributed by atoms with E-state index in [0.29, 0.717) is 12.0 Å². The highest BCUT2D eigenvalue weighted by molar-refractivity contribution is 7.98. The highest BCUT2D eigenvalue weighted by Gasteiger charge is 2.48. The zero-order valence-electron chi connectivity index (χ0n) is 12.9. The van der Waals surface area contributed by atoms with Gasteiger partial charge in [-0.05, 0) is 36.3 Å². The molecule has 0 bridgehead atoms. The number of pyridine rings is 1. The van der Waals surface area contributed by atoms with Gasteiger partial charge in [0, 0.05) is 32.8 Å². The minimum absolute atomic E-state index is 0.106. The second-order valence-electron chi connectivity index (χ2n) is 6.07. The van der Waals surface area contributed by atoms with Gasteiger partial charge in [-0.1, -0.05) is 6.08 Å². The van der Waals surface area contributed by atoms with Crippen LogP contribution in [-0.4, -0.2) is 32.9 Å². The number of β-lactam (4-membered cyclic amide) rings is 1. The van der Waals surface area contributed by atoms with Crippen molar-refractivity contribution in [3.8, 4) is 10.4 Å². The number of carbonyl (C=O) groups is 2. The van der Waals surface area contributed by atoms with Crippen LogP contribution in [0.2, 0.25) is 0 Å². The number of fused-ring (bicyclic) bond motifs is 4. The summed E-state index contributed by atoms with van der Waals surface area (Å²) >= 11 is 3.39. The molecule has 25 heavy (non-hydrogen) atoms. The van der Waals surface area contributed by atoms with Gasteiger partial charge in [-0.3, -0.25) is 9.69 Å². The normalized spacial score (nSPS) is 22.2. The van der Waals surface area contributed by atoms with Gasteiger partial charge >= 0.3 is 5.97 Å². The largest absolute Gasteiger partial charge is 0.477 e. The molecule has 0 aromatic carbocycles. The second-order valence-corrected chi connectivity index (χ2v) is 8.12. The molecule has 1 saturated heterocycles. The topological polar surface area (TPSA) is 70.5 Å². The third-order valence-electron chi connectivity index (χ3n) is 4.66. The fraction of sp³-hybridized carbons (Fsp3) is 0.167. The van der Waals surface area contributed by atoms with E-state index in [-0.39, 0.29) is 17.6 Å². The number of carboxylic acid groups (broad SMARTS) is 1. The Morgan fingerprint density at radius 1 is 1.44 bits per heavy atom. The predicted octanol–water partition coefficient (Wildman–Crippen LogP) is 3.38. The van der Waals surface area contributed by atoms with Gasteiger partial charge in [0.05, 0.1) is 6.04 Å². The number of amides is 1. The Bertz CT molecular complexity index is 1010. The van der Waals surface area contributed by atoms with E-state index >= 15 is 0 Å². The van der Waals surface area contributed by atoms with Crippen molar-refractivity contribution in [3.63, 3.8) is 0 Å². The Balaban J connectivity index is 1.48. The van der Waals surface area contributed by atoms with Gasteiger partial charge in [0.15, 0.2) is 0 Å². The van der Waals surface area contributed by atoms with Crippen LogP contribution in [0, 0.1) is 0 Å². The minimum atomic E-state index is -1.04. The average Bonchev–Trinajstić information content (AvgIpc) is 3.21. The molecule has 1 N–H and O–H groups in total. The molecule has 5 rings (SSSR count). The van der Waals surface area contributed by atoms with Crippen molar-refractivity contribution >= 4 is 41.1 Å².